The average Bonchev–Trinajstić information content (AvgIpc) is 2.60. The zero-order chi connectivity index (χ0) is 9.80. The SMILES string of the molecule is C/C=C/C=C/C1Cc2ccccc2O1. The first-order valence-electron chi connectivity index (χ1n) is 4.94. The van der Waals surface area contributed by atoms with Gasteiger partial charge in [-0.2, -0.15) is 0 Å². The monoisotopic (exact) mass is 186 g/mol. The predicted molar refractivity (Wildman–Crippen MR) is 58.5 cm³/mol. The number of hydrogen-bond acceptors (Lipinski definition) is 1. The number of hydrogen-bond donors (Lipinski definition) is 0. The van der Waals surface area contributed by atoms with Crippen LogP contribution in [0.25, 0.3) is 0 Å². The van der Waals surface area contributed by atoms with Crippen LogP contribution in [0.3, 0.4) is 0 Å². The molecule has 0 saturated carbocycles. The number of allylic oxidation sites excluding steroid dienone is 3. The molecule has 1 heteroatoms. The molecule has 0 spiro atoms. The van der Waals surface area contributed by atoms with E-state index in [0.29, 0.717) is 0 Å². The summed E-state index contributed by atoms with van der Waals surface area (Å²) in [5, 5.41) is 0. The van der Waals surface area contributed by atoms with E-state index in [-0.39, 0.29) is 6.10 Å². The first-order valence-corrected chi connectivity index (χ1v) is 4.94. The molecular formula is C13H14O. The second kappa shape index (κ2) is 4.14. The highest BCUT2D eigenvalue weighted by Crippen LogP contribution is 2.28. The van der Waals surface area contributed by atoms with Gasteiger partial charge in [0.1, 0.15) is 11.9 Å². The maximum atomic E-state index is 5.73. The second-order valence-electron chi connectivity index (χ2n) is 3.38. The molecule has 0 bridgehead atoms. The largest absolute Gasteiger partial charge is 0.486 e. The van der Waals surface area contributed by atoms with Crippen molar-refractivity contribution in [2.45, 2.75) is 19.4 Å². The molecule has 0 saturated heterocycles. The van der Waals surface area contributed by atoms with Gasteiger partial charge in [0, 0.05) is 6.42 Å². The van der Waals surface area contributed by atoms with Crippen LogP contribution in [0, 0.1) is 0 Å². The minimum Gasteiger partial charge on any atom is -0.486 e. The van der Waals surface area contributed by atoms with Crippen molar-refractivity contribution in [2.75, 3.05) is 0 Å². The molecule has 0 aromatic heterocycles. The summed E-state index contributed by atoms with van der Waals surface area (Å²) in [6, 6.07) is 8.22. The van der Waals surface area contributed by atoms with Crippen molar-refractivity contribution in [3.8, 4) is 5.75 Å². The fourth-order valence-electron chi connectivity index (χ4n) is 1.62. The molecule has 0 fully saturated rings. The summed E-state index contributed by atoms with van der Waals surface area (Å²) in [4.78, 5) is 0. The number of rotatable bonds is 2. The Bertz CT molecular complexity index is 338. The lowest BCUT2D eigenvalue weighted by Crippen LogP contribution is -2.07. The molecule has 1 aliphatic rings. The normalized spacial score (nSPS) is 20.2. The zero-order valence-corrected chi connectivity index (χ0v) is 8.31. The lowest BCUT2D eigenvalue weighted by atomic mass is 10.1. The molecule has 0 N–H and O–H groups in total. The number of fused-ring (bicyclic) bond motifs is 1. The van der Waals surface area contributed by atoms with E-state index in [9.17, 15) is 0 Å². The second-order valence-corrected chi connectivity index (χ2v) is 3.38. The first-order chi connectivity index (χ1) is 6.90. The van der Waals surface area contributed by atoms with Crippen LogP contribution < -0.4 is 4.74 Å². The van der Waals surface area contributed by atoms with Gasteiger partial charge in [0.15, 0.2) is 0 Å². The van der Waals surface area contributed by atoms with Crippen LogP contribution >= 0.6 is 0 Å². The van der Waals surface area contributed by atoms with Crippen LogP contribution in [0.2, 0.25) is 0 Å². The van der Waals surface area contributed by atoms with Crippen molar-refractivity contribution in [3.05, 3.63) is 54.1 Å². The zero-order valence-electron chi connectivity index (χ0n) is 8.31. The summed E-state index contributed by atoms with van der Waals surface area (Å²) in [5.41, 5.74) is 1.31. The van der Waals surface area contributed by atoms with E-state index in [1.54, 1.807) is 0 Å². The smallest absolute Gasteiger partial charge is 0.123 e. The van der Waals surface area contributed by atoms with E-state index in [4.69, 9.17) is 4.74 Å². The highest BCUT2D eigenvalue weighted by molar-refractivity contribution is 5.38. The average molecular weight is 186 g/mol. The summed E-state index contributed by atoms with van der Waals surface area (Å²) < 4.78 is 5.73. The molecule has 1 aliphatic heterocycles. The van der Waals surface area contributed by atoms with Gasteiger partial charge in [0.05, 0.1) is 0 Å². The number of benzene rings is 1. The Balaban J connectivity index is 2.05. The van der Waals surface area contributed by atoms with Gasteiger partial charge in [0.25, 0.3) is 0 Å². The van der Waals surface area contributed by atoms with Crippen LogP contribution in [-0.4, -0.2) is 6.10 Å². The van der Waals surface area contributed by atoms with Gasteiger partial charge >= 0.3 is 0 Å². The molecule has 1 aromatic carbocycles. The molecule has 1 unspecified atom stereocenters. The maximum absolute atomic E-state index is 5.73. The van der Waals surface area contributed by atoms with Crippen molar-refractivity contribution < 1.29 is 4.74 Å². The Morgan fingerprint density at radius 3 is 2.93 bits per heavy atom. The maximum Gasteiger partial charge on any atom is 0.123 e. The van der Waals surface area contributed by atoms with Crippen molar-refractivity contribution in [3.63, 3.8) is 0 Å². The molecule has 1 heterocycles. The molecule has 1 atom stereocenters. The van der Waals surface area contributed by atoms with Gasteiger partial charge in [-0.25, -0.2) is 0 Å². The van der Waals surface area contributed by atoms with Gasteiger partial charge in [-0.15, -0.1) is 0 Å². The van der Waals surface area contributed by atoms with Gasteiger partial charge in [-0.1, -0.05) is 36.4 Å². The molecule has 14 heavy (non-hydrogen) atoms. The highest BCUT2D eigenvalue weighted by Gasteiger charge is 2.18. The van der Waals surface area contributed by atoms with Crippen LogP contribution in [0.5, 0.6) is 5.75 Å². The Hall–Kier alpha value is -1.50. The number of para-hydroxylation sites is 1. The molecule has 0 radical (unpaired) electrons. The summed E-state index contributed by atoms with van der Waals surface area (Å²) >= 11 is 0. The minimum absolute atomic E-state index is 0.212. The van der Waals surface area contributed by atoms with Gasteiger partial charge < -0.3 is 4.74 Å². The van der Waals surface area contributed by atoms with Gasteiger partial charge in [-0.3, -0.25) is 0 Å². The fraction of sp³-hybridized carbons (Fsp3) is 0.231. The molecule has 0 amide bonds. The first kappa shape index (κ1) is 9.07. The summed E-state index contributed by atoms with van der Waals surface area (Å²) in [6.07, 6.45) is 9.37. The third-order valence-corrected chi connectivity index (χ3v) is 2.30. The van der Waals surface area contributed by atoms with E-state index < -0.39 is 0 Å². The topological polar surface area (TPSA) is 9.23 Å². The van der Waals surface area contributed by atoms with Crippen LogP contribution in [0.15, 0.2) is 48.6 Å². The van der Waals surface area contributed by atoms with Crippen molar-refractivity contribution >= 4 is 0 Å². The van der Waals surface area contributed by atoms with Gasteiger partial charge in [-0.05, 0) is 24.6 Å². The van der Waals surface area contributed by atoms with Crippen LogP contribution in [-0.2, 0) is 6.42 Å². The van der Waals surface area contributed by atoms with E-state index in [0.717, 1.165) is 12.2 Å². The van der Waals surface area contributed by atoms with E-state index in [1.807, 2.05) is 37.3 Å². The van der Waals surface area contributed by atoms with E-state index in [2.05, 4.69) is 18.2 Å². The lowest BCUT2D eigenvalue weighted by Gasteiger charge is -2.03. The van der Waals surface area contributed by atoms with Crippen molar-refractivity contribution in [1.82, 2.24) is 0 Å². The summed E-state index contributed by atoms with van der Waals surface area (Å²) in [7, 11) is 0. The quantitative estimate of drug-likeness (QED) is 0.645. The Morgan fingerprint density at radius 2 is 2.14 bits per heavy atom. The molecule has 0 aliphatic carbocycles. The van der Waals surface area contributed by atoms with Crippen LogP contribution in [0.4, 0.5) is 0 Å². The molecule has 1 nitrogen and oxygen atoms in total. The van der Waals surface area contributed by atoms with Crippen LogP contribution in [0.1, 0.15) is 12.5 Å². The molecule has 1 aromatic rings. The summed E-state index contributed by atoms with van der Waals surface area (Å²) in [5.74, 6) is 1.03. The third kappa shape index (κ3) is 1.87. The number of ether oxygens (including phenoxy) is 1. The van der Waals surface area contributed by atoms with Crippen molar-refractivity contribution in [2.24, 2.45) is 0 Å². The Morgan fingerprint density at radius 1 is 1.29 bits per heavy atom. The summed E-state index contributed by atoms with van der Waals surface area (Å²) in [6.45, 7) is 2.01. The minimum atomic E-state index is 0.212. The Labute approximate surface area is 84.7 Å². The van der Waals surface area contributed by atoms with Gasteiger partial charge in [0.2, 0.25) is 0 Å². The molecule has 72 valence electrons. The molecule has 2 rings (SSSR count). The van der Waals surface area contributed by atoms with Crippen molar-refractivity contribution in [1.29, 1.82) is 0 Å². The molecular weight excluding hydrogens is 172 g/mol. The highest BCUT2D eigenvalue weighted by atomic mass is 16.5. The van der Waals surface area contributed by atoms with E-state index in [1.165, 1.54) is 5.56 Å². The fourth-order valence-corrected chi connectivity index (χ4v) is 1.62. The standard InChI is InChI=1S/C13H14O/c1-2-3-4-8-12-10-11-7-5-6-9-13(11)14-12/h2-9,12H,10H2,1H3/b3-2+,8-4+. The van der Waals surface area contributed by atoms with E-state index >= 15 is 0 Å². The predicted octanol–water partition coefficient (Wildman–Crippen LogP) is 3.12. The lowest BCUT2D eigenvalue weighted by molar-refractivity contribution is 0.283. The third-order valence-electron chi connectivity index (χ3n) is 2.30. The Kier molecular flexibility index (Phi) is 2.68.